The molecule has 116 valence electrons. The topological polar surface area (TPSA) is 77.4 Å². The van der Waals surface area contributed by atoms with Gasteiger partial charge >= 0.3 is 0 Å². The first-order valence-electron chi connectivity index (χ1n) is 6.08. The van der Waals surface area contributed by atoms with E-state index >= 15 is 0 Å². The van der Waals surface area contributed by atoms with Crippen LogP contribution in [0.25, 0.3) is 5.70 Å². The first kappa shape index (κ1) is 16.5. The monoisotopic (exact) mass is 386 g/mol. The minimum absolute atomic E-state index is 0.00912. The Labute approximate surface area is 140 Å². The Hall–Kier alpha value is -1.83. The van der Waals surface area contributed by atoms with Gasteiger partial charge in [0.1, 0.15) is 11.4 Å². The third-order valence-corrected chi connectivity index (χ3v) is 3.76. The van der Waals surface area contributed by atoms with E-state index < -0.39 is 5.82 Å². The zero-order valence-electron chi connectivity index (χ0n) is 11.6. The van der Waals surface area contributed by atoms with Crippen LogP contribution >= 0.6 is 27.5 Å². The number of anilines is 1. The average Bonchev–Trinajstić information content (AvgIpc) is 2.51. The van der Waals surface area contributed by atoms with Crippen LogP contribution in [0.15, 0.2) is 41.3 Å². The molecule has 0 aliphatic carbocycles. The number of hydrazine groups is 1. The van der Waals surface area contributed by atoms with Crippen LogP contribution in [-0.2, 0) is 0 Å². The Bertz CT molecular complexity index is 726. The lowest BCUT2D eigenvalue weighted by molar-refractivity contribution is 0.412. The normalized spacial score (nSPS) is 11.4. The molecule has 0 aliphatic heterocycles. The second kappa shape index (κ2) is 6.95. The van der Waals surface area contributed by atoms with E-state index in [9.17, 15) is 4.39 Å². The average molecular weight is 388 g/mol. The number of hydrogen-bond donors (Lipinski definition) is 2. The molecule has 0 bridgehead atoms. The van der Waals surface area contributed by atoms with E-state index in [1.807, 2.05) is 0 Å². The molecule has 0 radical (unpaired) electrons. The van der Waals surface area contributed by atoms with Crippen molar-refractivity contribution in [3.8, 4) is 5.75 Å². The number of nitrogens with zero attached hydrogens (tertiary/aromatic N) is 2. The standard InChI is InChI=1S/C14H13BrClFN4O/c1-22-9-4-8(5-20-6-9)12(18)7-21(19)14-11(16)3-2-10(15)13(14)17/h2-7H,18-19H2,1H3/b12-7-. The fourth-order valence-corrected chi connectivity index (χ4v) is 2.29. The molecule has 0 saturated heterocycles. The van der Waals surface area contributed by atoms with E-state index in [0.29, 0.717) is 11.3 Å². The van der Waals surface area contributed by atoms with Gasteiger partial charge in [-0.3, -0.25) is 9.99 Å². The first-order chi connectivity index (χ1) is 10.4. The van der Waals surface area contributed by atoms with Crippen molar-refractivity contribution < 1.29 is 9.13 Å². The van der Waals surface area contributed by atoms with Crippen LogP contribution < -0.4 is 21.3 Å². The van der Waals surface area contributed by atoms with E-state index in [4.69, 9.17) is 27.9 Å². The predicted molar refractivity (Wildman–Crippen MR) is 88.7 cm³/mol. The molecule has 0 fully saturated rings. The molecule has 5 nitrogen and oxygen atoms in total. The summed E-state index contributed by atoms with van der Waals surface area (Å²) < 4.78 is 19.4. The Balaban J connectivity index is 2.38. The number of pyridine rings is 1. The van der Waals surface area contributed by atoms with E-state index in [1.165, 1.54) is 25.4 Å². The van der Waals surface area contributed by atoms with Gasteiger partial charge in [0.15, 0.2) is 5.82 Å². The van der Waals surface area contributed by atoms with Crippen molar-refractivity contribution in [3.05, 3.63) is 57.7 Å². The molecule has 2 rings (SSSR count). The molecule has 1 aromatic carbocycles. The van der Waals surface area contributed by atoms with Crippen LogP contribution in [0.3, 0.4) is 0 Å². The summed E-state index contributed by atoms with van der Waals surface area (Å²) in [5, 5.41) is 1.19. The second-order valence-corrected chi connectivity index (χ2v) is 5.56. The Morgan fingerprint density at radius 2 is 2.18 bits per heavy atom. The molecule has 0 spiro atoms. The molecule has 0 saturated carbocycles. The molecule has 0 amide bonds. The van der Waals surface area contributed by atoms with Crippen molar-refractivity contribution in [3.63, 3.8) is 0 Å². The van der Waals surface area contributed by atoms with E-state index in [2.05, 4.69) is 20.9 Å². The van der Waals surface area contributed by atoms with Crippen LogP contribution in [0.1, 0.15) is 5.56 Å². The summed E-state index contributed by atoms with van der Waals surface area (Å²) in [6.07, 6.45) is 4.44. The van der Waals surface area contributed by atoms with Crippen molar-refractivity contribution >= 4 is 38.9 Å². The van der Waals surface area contributed by atoms with Crippen molar-refractivity contribution in [2.24, 2.45) is 11.6 Å². The van der Waals surface area contributed by atoms with Gasteiger partial charge in [-0.2, -0.15) is 0 Å². The van der Waals surface area contributed by atoms with Crippen LogP contribution in [0.5, 0.6) is 5.75 Å². The number of ether oxygens (including phenoxy) is 1. The van der Waals surface area contributed by atoms with Gasteiger partial charge in [-0.1, -0.05) is 11.6 Å². The molecule has 0 aliphatic rings. The summed E-state index contributed by atoms with van der Waals surface area (Å²) >= 11 is 9.07. The number of methoxy groups -OCH3 is 1. The quantitative estimate of drug-likeness (QED) is 0.478. The summed E-state index contributed by atoms with van der Waals surface area (Å²) in [4.78, 5) is 3.99. The second-order valence-electron chi connectivity index (χ2n) is 4.30. The van der Waals surface area contributed by atoms with Gasteiger partial charge in [0.25, 0.3) is 0 Å². The SMILES string of the molecule is COc1cncc(/C(N)=C/N(N)c2c(Cl)ccc(Br)c2F)c1. The van der Waals surface area contributed by atoms with E-state index in [-0.39, 0.29) is 20.9 Å². The van der Waals surface area contributed by atoms with Gasteiger partial charge in [-0.25, -0.2) is 10.2 Å². The van der Waals surface area contributed by atoms with E-state index in [1.54, 1.807) is 18.5 Å². The number of aromatic nitrogens is 1. The number of benzene rings is 1. The van der Waals surface area contributed by atoms with Crippen molar-refractivity contribution in [2.75, 3.05) is 12.1 Å². The minimum Gasteiger partial charge on any atom is -0.495 e. The van der Waals surface area contributed by atoms with Crippen LogP contribution in [0, 0.1) is 5.82 Å². The molecule has 0 unspecified atom stereocenters. The third-order valence-electron chi connectivity index (χ3n) is 2.84. The predicted octanol–water partition coefficient (Wildman–Crippen LogP) is 3.28. The molecule has 22 heavy (non-hydrogen) atoms. The summed E-state index contributed by atoms with van der Waals surface area (Å²) in [5.41, 5.74) is 6.84. The lowest BCUT2D eigenvalue weighted by atomic mass is 10.2. The zero-order chi connectivity index (χ0) is 16.3. The first-order valence-corrected chi connectivity index (χ1v) is 7.25. The van der Waals surface area contributed by atoms with Gasteiger partial charge < -0.3 is 10.5 Å². The highest BCUT2D eigenvalue weighted by atomic mass is 79.9. The number of hydrogen-bond acceptors (Lipinski definition) is 5. The van der Waals surface area contributed by atoms with Gasteiger partial charge in [-0.05, 0) is 34.1 Å². The Morgan fingerprint density at radius 3 is 2.86 bits per heavy atom. The van der Waals surface area contributed by atoms with Crippen LogP contribution in [0.2, 0.25) is 5.02 Å². The van der Waals surface area contributed by atoms with Gasteiger partial charge in [-0.15, -0.1) is 0 Å². The zero-order valence-corrected chi connectivity index (χ0v) is 13.9. The third kappa shape index (κ3) is 3.49. The van der Waals surface area contributed by atoms with E-state index in [0.717, 1.165) is 5.01 Å². The fourth-order valence-electron chi connectivity index (χ4n) is 1.73. The summed E-state index contributed by atoms with van der Waals surface area (Å²) in [5.74, 6) is 5.82. The van der Waals surface area contributed by atoms with Crippen molar-refractivity contribution in [1.82, 2.24) is 4.98 Å². The summed E-state index contributed by atoms with van der Waals surface area (Å²) in [6.45, 7) is 0. The number of halogens is 3. The maximum absolute atomic E-state index is 14.1. The fraction of sp³-hybridized carbons (Fsp3) is 0.0714. The maximum atomic E-state index is 14.1. The smallest absolute Gasteiger partial charge is 0.163 e. The van der Waals surface area contributed by atoms with Crippen LogP contribution in [-0.4, -0.2) is 12.1 Å². The summed E-state index contributed by atoms with van der Waals surface area (Å²) in [7, 11) is 1.52. The minimum atomic E-state index is -0.581. The largest absolute Gasteiger partial charge is 0.495 e. The number of rotatable bonds is 4. The number of nitrogens with two attached hydrogens (primary N) is 2. The molecule has 2 aromatic rings. The highest BCUT2D eigenvalue weighted by Gasteiger charge is 2.15. The molecule has 4 N–H and O–H groups in total. The van der Waals surface area contributed by atoms with Crippen LogP contribution in [0.4, 0.5) is 10.1 Å². The molecule has 1 heterocycles. The van der Waals surface area contributed by atoms with Crippen molar-refractivity contribution in [2.45, 2.75) is 0 Å². The highest BCUT2D eigenvalue weighted by molar-refractivity contribution is 9.10. The lowest BCUT2D eigenvalue weighted by Crippen LogP contribution is -2.27. The maximum Gasteiger partial charge on any atom is 0.163 e. The molecular weight excluding hydrogens is 375 g/mol. The molecule has 0 atom stereocenters. The highest BCUT2D eigenvalue weighted by Crippen LogP contribution is 2.32. The van der Waals surface area contributed by atoms with Gasteiger partial charge in [0, 0.05) is 18.0 Å². The van der Waals surface area contributed by atoms with Crippen molar-refractivity contribution in [1.29, 1.82) is 0 Å². The summed E-state index contributed by atoms with van der Waals surface area (Å²) in [6, 6.07) is 4.71. The van der Waals surface area contributed by atoms with Gasteiger partial charge in [0.2, 0.25) is 0 Å². The molecular formula is C14H13BrClFN4O. The Kier molecular flexibility index (Phi) is 5.23. The van der Waals surface area contributed by atoms with Gasteiger partial charge in [0.05, 0.1) is 28.5 Å². The lowest BCUT2D eigenvalue weighted by Gasteiger charge is -2.18. The molecule has 8 heteroatoms. The molecule has 1 aromatic heterocycles. The Morgan fingerprint density at radius 1 is 1.45 bits per heavy atom.